The van der Waals surface area contributed by atoms with Gasteiger partial charge in [-0.1, -0.05) is 74.6 Å². The molecule has 3 aromatic carbocycles. The lowest BCUT2D eigenvalue weighted by Gasteiger charge is -2.38. The van der Waals surface area contributed by atoms with Gasteiger partial charge in [0, 0.05) is 59.5 Å². The fraction of sp³-hybridized carbons (Fsp3) is 0.469. The SMILES string of the molecule is O=C(O)/C=C/c1ccc(NC(=O)C2(NC(=O)c3ccc4c(C5CCCCC5)c5n(c4c3)CC(C(=O)N3CCC(N4CCCC4)CC3)Cc3ccccc3-5)CCCC2)cc1. The van der Waals surface area contributed by atoms with Crippen molar-refractivity contribution in [1.82, 2.24) is 19.7 Å². The van der Waals surface area contributed by atoms with Crippen LogP contribution in [0.1, 0.15) is 116 Å². The third-order valence-electron chi connectivity index (χ3n) is 14.1. The molecule has 1 unspecified atom stereocenters. The van der Waals surface area contributed by atoms with Crippen LogP contribution in [0.5, 0.6) is 0 Å². The molecule has 4 aromatic rings. The first kappa shape index (κ1) is 39.3. The van der Waals surface area contributed by atoms with E-state index < -0.39 is 11.5 Å². The Morgan fingerprint density at radius 3 is 2.24 bits per heavy atom. The van der Waals surface area contributed by atoms with E-state index in [2.05, 4.69) is 55.3 Å². The van der Waals surface area contributed by atoms with Crippen LogP contribution in [0.2, 0.25) is 0 Å². The van der Waals surface area contributed by atoms with Gasteiger partial charge in [0.05, 0.1) is 11.6 Å². The van der Waals surface area contributed by atoms with Crippen molar-refractivity contribution < 1.29 is 24.3 Å². The van der Waals surface area contributed by atoms with Crippen molar-refractivity contribution in [2.45, 2.75) is 114 Å². The van der Waals surface area contributed by atoms with Crippen molar-refractivity contribution in [3.63, 3.8) is 0 Å². The van der Waals surface area contributed by atoms with Gasteiger partial charge in [-0.2, -0.15) is 0 Å². The highest BCUT2D eigenvalue weighted by atomic mass is 16.4. The lowest BCUT2D eigenvalue weighted by atomic mass is 9.81. The number of hydrogen-bond acceptors (Lipinski definition) is 5. The second-order valence-corrected chi connectivity index (χ2v) is 17.8. The molecule has 2 aliphatic carbocycles. The highest BCUT2D eigenvalue weighted by Crippen LogP contribution is 2.47. The van der Waals surface area contributed by atoms with Crippen LogP contribution in [0, 0.1) is 5.92 Å². The van der Waals surface area contributed by atoms with Gasteiger partial charge in [0.15, 0.2) is 0 Å². The van der Waals surface area contributed by atoms with Crippen molar-refractivity contribution in [2.24, 2.45) is 5.92 Å². The Bertz CT molecular complexity index is 2250. The zero-order valence-corrected chi connectivity index (χ0v) is 34.1. The average molecular weight is 796 g/mol. The molecule has 4 heterocycles. The number of carbonyl (C=O) groups is 4. The summed E-state index contributed by atoms with van der Waals surface area (Å²) in [5.41, 5.74) is 6.70. The molecular weight excluding hydrogens is 739 g/mol. The second kappa shape index (κ2) is 16.8. The Morgan fingerprint density at radius 1 is 0.780 bits per heavy atom. The molecule has 308 valence electrons. The molecule has 1 aromatic heterocycles. The van der Waals surface area contributed by atoms with E-state index in [-0.39, 0.29) is 23.6 Å². The molecule has 3 amide bonds. The summed E-state index contributed by atoms with van der Waals surface area (Å²) in [6.45, 7) is 4.54. The minimum atomic E-state index is -1.06. The molecule has 9 rings (SSSR count). The number of piperidine rings is 1. The van der Waals surface area contributed by atoms with E-state index in [1.807, 2.05) is 12.1 Å². The van der Waals surface area contributed by atoms with E-state index in [0.29, 0.717) is 54.6 Å². The van der Waals surface area contributed by atoms with E-state index in [1.165, 1.54) is 73.7 Å². The van der Waals surface area contributed by atoms with Gasteiger partial charge < -0.3 is 30.1 Å². The molecule has 1 atom stereocenters. The normalized spacial score (nSPS) is 21.3. The molecule has 5 aliphatic rings. The third kappa shape index (κ3) is 7.96. The molecule has 10 nitrogen and oxygen atoms in total. The monoisotopic (exact) mass is 795 g/mol. The molecule has 0 spiro atoms. The lowest BCUT2D eigenvalue weighted by Crippen LogP contribution is -2.55. The maximum atomic E-state index is 14.6. The van der Waals surface area contributed by atoms with Crippen molar-refractivity contribution in [1.29, 1.82) is 0 Å². The van der Waals surface area contributed by atoms with Gasteiger partial charge in [-0.25, -0.2) is 4.79 Å². The molecule has 0 bridgehead atoms. The van der Waals surface area contributed by atoms with Gasteiger partial charge in [-0.3, -0.25) is 14.4 Å². The first-order valence-electron chi connectivity index (χ1n) is 22.2. The Hall–Kier alpha value is -5.22. The Labute approximate surface area is 347 Å². The molecule has 0 radical (unpaired) electrons. The molecule has 3 N–H and O–H groups in total. The van der Waals surface area contributed by atoms with Gasteiger partial charge in [0.2, 0.25) is 11.8 Å². The van der Waals surface area contributed by atoms with Crippen LogP contribution in [-0.2, 0) is 27.3 Å². The van der Waals surface area contributed by atoms with E-state index in [0.717, 1.165) is 68.6 Å². The highest BCUT2D eigenvalue weighted by Gasteiger charge is 2.43. The van der Waals surface area contributed by atoms with Crippen LogP contribution < -0.4 is 10.6 Å². The maximum absolute atomic E-state index is 14.6. The second-order valence-electron chi connectivity index (χ2n) is 17.8. The van der Waals surface area contributed by atoms with Crippen molar-refractivity contribution in [3.05, 3.63) is 95.1 Å². The molecule has 2 saturated carbocycles. The smallest absolute Gasteiger partial charge is 0.328 e. The average Bonchev–Trinajstić information content (AvgIpc) is 4.02. The summed E-state index contributed by atoms with van der Waals surface area (Å²) in [5, 5.41) is 16.4. The number of aliphatic carboxylic acids is 1. The molecule has 2 saturated heterocycles. The summed E-state index contributed by atoms with van der Waals surface area (Å²) in [4.78, 5) is 58.8. The number of amides is 3. The fourth-order valence-corrected chi connectivity index (χ4v) is 11.0. The molecule has 3 aliphatic heterocycles. The quantitative estimate of drug-likeness (QED) is 0.146. The zero-order valence-electron chi connectivity index (χ0n) is 34.1. The van der Waals surface area contributed by atoms with Crippen LogP contribution in [-0.4, -0.2) is 80.9 Å². The minimum absolute atomic E-state index is 0.222. The van der Waals surface area contributed by atoms with E-state index in [9.17, 15) is 19.2 Å². The zero-order chi connectivity index (χ0) is 40.5. The first-order chi connectivity index (χ1) is 28.8. The van der Waals surface area contributed by atoms with Crippen molar-refractivity contribution in [3.8, 4) is 11.3 Å². The number of aromatic nitrogens is 1. The number of carboxylic acids is 1. The fourth-order valence-electron chi connectivity index (χ4n) is 11.0. The molecule has 4 fully saturated rings. The topological polar surface area (TPSA) is 124 Å². The van der Waals surface area contributed by atoms with E-state index in [4.69, 9.17) is 5.11 Å². The number of hydrogen-bond donors (Lipinski definition) is 3. The Kier molecular flexibility index (Phi) is 11.2. The number of fused-ring (bicyclic) bond motifs is 5. The summed E-state index contributed by atoms with van der Waals surface area (Å²) >= 11 is 0. The summed E-state index contributed by atoms with van der Waals surface area (Å²) < 4.78 is 2.38. The largest absolute Gasteiger partial charge is 0.478 e. The number of carboxylic acid groups (broad SMARTS) is 1. The number of anilines is 1. The van der Waals surface area contributed by atoms with Gasteiger partial charge >= 0.3 is 5.97 Å². The maximum Gasteiger partial charge on any atom is 0.328 e. The Balaban J connectivity index is 1.03. The van der Waals surface area contributed by atoms with Crippen LogP contribution in [0.25, 0.3) is 28.2 Å². The van der Waals surface area contributed by atoms with E-state index in [1.54, 1.807) is 24.3 Å². The number of nitrogens with one attached hydrogen (secondary N) is 2. The van der Waals surface area contributed by atoms with Gasteiger partial charge in [0.25, 0.3) is 5.91 Å². The van der Waals surface area contributed by atoms with Crippen molar-refractivity contribution >= 4 is 46.4 Å². The highest BCUT2D eigenvalue weighted by molar-refractivity contribution is 6.06. The number of carbonyl (C=O) groups excluding carboxylic acids is 3. The summed E-state index contributed by atoms with van der Waals surface area (Å²) in [5.74, 6) is -1.14. The van der Waals surface area contributed by atoms with E-state index >= 15 is 0 Å². The number of nitrogens with zero attached hydrogens (tertiary/aromatic N) is 3. The van der Waals surface area contributed by atoms with Crippen LogP contribution in [0.15, 0.2) is 72.8 Å². The van der Waals surface area contributed by atoms with Crippen molar-refractivity contribution in [2.75, 3.05) is 31.5 Å². The summed E-state index contributed by atoms with van der Waals surface area (Å²) in [6.07, 6.45) is 16.5. The summed E-state index contributed by atoms with van der Waals surface area (Å²) in [7, 11) is 0. The Morgan fingerprint density at radius 2 is 1.51 bits per heavy atom. The molecule has 10 heteroatoms. The lowest BCUT2D eigenvalue weighted by molar-refractivity contribution is -0.137. The minimum Gasteiger partial charge on any atom is -0.478 e. The summed E-state index contributed by atoms with van der Waals surface area (Å²) in [6, 6.07) is 22.3. The predicted molar refractivity (Wildman–Crippen MR) is 231 cm³/mol. The van der Waals surface area contributed by atoms with Crippen LogP contribution in [0.3, 0.4) is 0 Å². The number of benzene rings is 3. The van der Waals surface area contributed by atoms with Crippen LogP contribution in [0.4, 0.5) is 5.69 Å². The van der Waals surface area contributed by atoms with Gasteiger partial charge in [-0.15, -0.1) is 0 Å². The number of rotatable bonds is 9. The molecular formula is C49H57N5O5. The first-order valence-corrected chi connectivity index (χ1v) is 22.2. The third-order valence-corrected chi connectivity index (χ3v) is 14.1. The van der Waals surface area contributed by atoms with Gasteiger partial charge in [-0.05, 0) is 124 Å². The molecule has 59 heavy (non-hydrogen) atoms. The standard InChI is InChI=1S/C49H57N5O5/c55-43(56)21-16-33-14-18-38(19-15-33)50-48(59)49(24-6-7-25-49)51-46(57)36-17-20-41-42(31-36)54-32-37(47(58)53-28-22-39(23-29-53)52-26-8-9-27-52)30-35-12-4-5-13-40(35)45(54)44(41)34-10-2-1-3-11-34/h4-5,12-21,31,34,37,39H,1-3,6-11,22-30,32H2,(H,50,59)(H,51,57)(H,55,56)/b21-16+. The predicted octanol–water partition coefficient (Wildman–Crippen LogP) is 8.39. The number of likely N-dealkylation sites (tertiary alicyclic amines) is 2. The van der Waals surface area contributed by atoms with Crippen LogP contribution >= 0.6 is 0 Å². The van der Waals surface area contributed by atoms with Gasteiger partial charge in [0.1, 0.15) is 5.54 Å².